The Morgan fingerprint density at radius 3 is 2.33 bits per heavy atom. The lowest BCUT2D eigenvalue weighted by molar-refractivity contribution is -0.895. The molecular formula is C28H36N2O6. The number of amides is 1. The van der Waals surface area contributed by atoms with E-state index < -0.39 is 23.5 Å². The second-order valence-corrected chi connectivity index (χ2v) is 9.03. The van der Waals surface area contributed by atoms with Crippen molar-refractivity contribution in [2.45, 2.75) is 46.8 Å². The highest BCUT2D eigenvalue weighted by Gasteiger charge is 2.44. The summed E-state index contributed by atoms with van der Waals surface area (Å²) in [5, 5.41) is 23.8. The van der Waals surface area contributed by atoms with Crippen molar-refractivity contribution < 1.29 is 34.2 Å². The van der Waals surface area contributed by atoms with Gasteiger partial charge in [-0.05, 0) is 70.0 Å². The number of ketones is 1. The minimum absolute atomic E-state index is 0.0186. The van der Waals surface area contributed by atoms with Crippen LogP contribution in [0.1, 0.15) is 51.8 Å². The van der Waals surface area contributed by atoms with Gasteiger partial charge in [-0.2, -0.15) is 0 Å². The number of carbonyl (C=O) groups excluding carboxylic acids is 2. The van der Waals surface area contributed by atoms with Crippen LogP contribution >= 0.6 is 0 Å². The molecular weight excluding hydrogens is 460 g/mol. The van der Waals surface area contributed by atoms with Crippen LogP contribution in [-0.4, -0.2) is 60.6 Å². The number of Topliss-reactive ketones (excluding diaryl/α,β-unsaturated/α-hetero) is 1. The Balaban J connectivity index is 2.10. The van der Waals surface area contributed by atoms with Crippen molar-refractivity contribution in [2.24, 2.45) is 0 Å². The Morgan fingerprint density at radius 2 is 1.75 bits per heavy atom. The molecule has 1 saturated heterocycles. The molecule has 3 rings (SSSR count). The predicted octanol–water partition coefficient (Wildman–Crippen LogP) is 1.73. The van der Waals surface area contributed by atoms with E-state index in [2.05, 4.69) is 13.8 Å². The number of phenols is 1. The van der Waals surface area contributed by atoms with Crippen LogP contribution in [-0.2, 0) is 9.59 Å². The van der Waals surface area contributed by atoms with Gasteiger partial charge >= 0.3 is 0 Å². The molecule has 1 atom stereocenters. The number of nitrogens with one attached hydrogen (secondary N) is 1. The normalized spacial score (nSPS) is 17.3. The van der Waals surface area contributed by atoms with Crippen molar-refractivity contribution in [1.82, 2.24) is 4.90 Å². The summed E-state index contributed by atoms with van der Waals surface area (Å²) >= 11 is 0. The Hall–Kier alpha value is -3.52. The third-order valence-corrected chi connectivity index (χ3v) is 6.32. The first-order chi connectivity index (χ1) is 17.2. The number of benzene rings is 2. The van der Waals surface area contributed by atoms with Crippen molar-refractivity contribution in [3.8, 4) is 17.2 Å². The molecule has 0 radical (unpaired) electrons. The lowest BCUT2D eigenvalue weighted by Gasteiger charge is -2.29. The van der Waals surface area contributed by atoms with Crippen molar-refractivity contribution in [3.63, 3.8) is 0 Å². The predicted molar refractivity (Wildman–Crippen MR) is 135 cm³/mol. The van der Waals surface area contributed by atoms with Crippen molar-refractivity contribution in [2.75, 3.05) is 32.8 Å². The molecule has 1 unspecified atom stereocenters. The first-order valence-corrected chi connectivity index (χ1v) is 12.5. The summed E-state index contributed by atoms with van der Waals surface area (Å²) in [4.78, 5) is 29.1. The zero-order chi connectivity index (χ0) is 26.4. The number of ether oxygens (including phenoxy) is 2. The number of hydrogen-bond donors (Lipinski definition) is 2. The van der Waals surface area contributed by atoms with E-state index in [1.807, 2.05) is 13.8 Å². The SMILES string of the molecule is CCOc1cc(C2C(=C([O-])c3ccc(OC(C)C)cc3)C(=O)C(=O)N2CC[NH+](CC)CC)ccc1O. The highest BCUT2D eigenvalue weighted by atomic mass is 16.5. The maximum atomic E-state index is 13.6. The number of hydrogen-bond acceptors (Lipinski definition) is 6. The van der Waals surface area contributed by atoms with Crippen LogP contribution in [0, 0.1) is 0 Å². The van der Waals surface area contributed by atoms with Gasteiger partial charge in [-0.25, -0.2) is 0 Å². The van der Waals surface area contributed by atoms with Gasteiger partial charge in [0.2, 0.25) is 5.78 Å². The van der Waals surface area contributed by atoms with Crippen molar-refractivity contribution >= 4 is 17.4 Å². The van der Waals surface area contributed by atoms with Crippen LogP contribution in [0.2, 0.25) is 0 Å². The minimum Gasteiger partial charge on any atom is -0.872 e. The molecule has 0 saturated carbocycles. The molecule has 194 valence electrons. The molecule has 36 heavy (non-hydrogen) atoms. The highest BCUT2D eigenvalue weighted by molar-refractivity contribution is 6.46. The number of aromatic hydroxyl groups is 1. The van der Waals surface area contributed by atoms with E-state index in [1.165, 1.54) is 15.9 Å². The zero-order valence-electron chi connectivity index (χ0n) is 21.7. The van der Waals surface area contributed by atoms with E-state index in [0.29, 0.717) is 36.6 Å². The van der Waals surface area contributed by atoms with Crippen LogP contribution in [0.4, 0.5) is 0 Å². The van der Waals surface area contributed by atoms with E-state index >= 15 is 0 Å². The van der Waals surface area contributed by atoms with Gasteiger partial charge in [-0.1, -0.05) is 24.0 Å². The summed E-state index contributed by atoms with van der Waals surface area (Å²) in [5.41, 5.74) is 0.737. The van der Waals surface area contributed by atoms with E-state index in [0.717, 1.165) is 13.1 Å². The molecule has 1 aliphatic heterocycles. The highest BCUT2D eigenvalue weighted by Crippen LogP contribution is 2.41. The maximum Gasteiger partial charge on any atom is 0.295 e. The summed E-state index contributed by atoms with van der Waals surface area (Å²) in [6.07, 6.45) is -0.0186. The lowest BCUT2D eigenvalue weighted by Crippen LogP contribution is -3.12. The summed E-state index contributed by atoms with van der Waals surface area (Å²) in [5.74, 6) is -1.20. The van der Waals surface area contributed by atoms with E-state index in [9.17, 15) is 19.8 Å². The maximum absolute atomic E-state index is 13.6. The van der Waals surface area contributed by atoms with E-state index in [1.54, 1.807) is 43.3 Å². The smallest absolute Gasteiger partial charge is 0.295 e. The largest absolute Gasteiger partial charge is 0.872 e. The Kier molecular flexibility index (Phi) is 8.98. The second-order valence-electron chi connectivity index (χ2n) is 9.03. The van der Waals surface area contributed by atoms with E-state index in [-0.39, 0.29) is 23.2 Å². The summed E-state index contributed by atoms with van der Waals surface area (Å²) in [7, 11) is 0. The summed E-state index contributed by atoms with van der Waals surface area (Å²) in [6.45, 7) is 12.8. The minimum atomic E-state index is -0.876. The van der Waals surface area contributed by atoms with Crippen molar-refractivity contribution in [3.05, 3.63) is 59.2 Å². The number of likely N-dealkylation sites (tertiary alicyclic amines) is 1. The first kappa shape index (κ1) is 27.1. The molecule has 8 heteroatoms. The third-order valence-electron chi connectivity index (χ3n) is 6.32. The standard InChI is InChI=1S/C28H36N2O6/c1-6-29(7-2)15-16-30-25(20-11-14-22(31)23(17-20)35-8-3)24(27(33)28(30)34)26(32)19-9-12-21(13-10-19)36-18(4)5/h9-14,17-18,25,31-32H,6-8,15-16H2,1-5H3. The number of quaternary nitrogens is 1. The molecule has 1 aliphatic rings. The van der Waals surface area contributed by atoms with Gasteiger partial charge < -0.3 is 29.5 Å². The summed E-state index contributed by atoms with van der Waals surface area (Å²) in [6, 6.07) is 10.4. The molecule has 0 bridgehead atoms. The Morgan fingerprint density at radius 1 is 1.08 bits per heavy atom. The fraction of sp³-hybridized carbons (Fsp3) is 0.429. The summed E-state index contributed by atoms with van der Waals surface area (Å²) < 4.78 is 11.2. The van der Waals surface area contributed by atoms with Gasteiger partial charge in [0.15, 0.2) is 11.5 Å². The van der Waals surface area contributed by atoms with Crippen LogP contribution in [0.3, 0.4) is 0 Å². The number of carbonyl (C=O) groups is 2. The van der Waals surface area contributed by atoms with Gasteiger partial charge in [-0.3, -0.25) is 9.59 Å². The zero-order valence-corrected chi connectivity index (χ0v) is 21.7. The van der Waals surface area contributed by atoms with Gasteiger partial charge in [0.1, 0.15) is 5.75 Å². The molecule has 0 aliphatic carbocycles. The molecule has 2 aromatic rings. The second kappa shape index (κ2) is 11.9. The molecule has 1 heterocycles. The Labute approximate surface area is 212 Å². The van der Waals surface area contributed by atoms with E-state index in [4.69, 9.17) is 9.47 Å². The molecule has 2 aromatic carbocycles. The molecule has 1 fully saturated rings. The number of likely N-dealkylation sites (N-methyl/N-ethyl adjacent to an activating group) is 1. The van der Waals surface area contributed by atoms with Crippen molar-refractivity contribution in [1.29, 1.82) is 0 Å². The quantitative estimate of drug-likeness (QED) is 0.279. The van der Waals surface area contributed by atoms with Crippen LogP contribution < -0.4 is 19.5 Å². The topological polar surface area (TPSA) is 104 Å². The van der Waals surface area contributed by atoms with Gasteiger partial charge in [0.25, 0.3) is 5.91 Å². The Bertz CT molecular complexity index is 1110. The van der Waals surface area contributed by atoms with Gasteiger partial charge in [0.05, 0.1) is 44.9 Å². The average molecular weight is 497 g/mol. The van der Waals surface area contributed by atoms with Crippen LogP contribution in [0.25, 0.3) is 5.76 Å². The van der Waals surface area contributed by atoms with Gasteiger partial charge in [0, 0.05) is 5.57 Å². The van der Waals surface area contributed by atoms with Crippen LogP contribution in [0.15, 0.2) is 48.0 Å². The molecule has 2 N–H and O–H groups in total. The lowest BCUT2D eigenvalue weighted by atomic mass is 9.95. The number of rotatable bonds is 11. The molecule has 0 aromatic heterocycles. The van der Waals surface area contributed by atoms with Crippen LogP contribution in [0.5, 0.6) is 17.2 Å². The first-order valence-electron chi connectivity index (χ1n) is 12.5. The number of nitrogens with zero attached hydrogens (tertiary/aromatic N) is 1. The van der Waals surface area contributed by atoms with Gasteiger partial charge in [-0.15, -0.1) is 0 Å². The average Bonchev–Trinajstić information content (AvgIpc) is 3.11. The monoisotopic (exact) mass is 496 g/mol. The fourth-order valence-electron chi connectivity index (χ4n) is 4.41. The molecule has 0 spiro atoms. The fourth-order valence-corrected chi connectivity index (χ4v) is 4.41. The third kappa shape index (κ3) is 5.82. The molecule has 8 nitrogen and oxygen atoms in total. The number of phenolic OH excluding ortho intramolecular Hbond substituents is 1. The molecule has 1 amide bonds.